The summed E-state index contributed by atoms with van der Waals surface area (Å²) in [5.74, 6) is 0. The van der Waals surface area contributed by atoms with Crippen LogP contribution in [0.2, 0.25) is 0 Å². The molecule has 0 aliphatic carbocycles. The van der Waals surface area contributed by atoms with Crippen LogP contribution < -0.4 is 0 Å². The lowest BCUT2D eigenvalue weighted by Gasteiger charge is -2.41. The molecule has 0 saturated carbocycles. The Morgan fingerprint density at radius 3 is 2.44 bits per heavy atom. The van der Waals surface area contributed by atoms with Gasteiger partial charge in [-0.25, -0.2) is 3.11 Å². The summed E-state index contributed by atoms with van der Waals surface area (Å²) in [6, 6.07) is 2.54. The van der Waals surface area contributed by atoms with Crippen LogP contribution in [0, 0.1) is 0 Å². The number of rotatable bonds is 4. The largest absolute Gasteiger partial charge is 0.383 e. The summed E-state index contributed by atoms with van der Waals surface area (Å²) in [5, 5.41) is 0. The number of piperidine rings is 1. The average Bonchev–Trinajstić information content (AvgIpc) is 2.96. The maximum absolute atomic E-state index is 5.16. The van der Waals surface area contributed by atoms with E-state index in [4.69, 9.17) is 4.74 Å². The van der Waals surface area contributed by atoms with Crippen LogP contribution in [0.5, 0.6) is 0 Å². The first-order chi connectivity index (χ1) is 8.78. The van der Waals surface area contributed by atoms with Crippen molar-refractivity contribution in [1.82, 2.24) is 12.9 Å². The Morgan fingerprint density at radius 1 is 1.11 bits per heavy atom. The fraction of sp³-hybridized carbons (Fsp3) is 1.00. The lowest BCUT2D eigenvalue weighted by atomic mass is 10.0. The number of hydrogen-bond donors (Lipinski definition) is 0. The highest BCUT2D eigenvalue weighted by Gasteiger charge is 2.45. The Morgan fingerprint density at radius 2 is 1.89 bits per heavy atom. The fourth-order valence-corrected chi connectivity index (χ4v) is 4.65. The molecule has 18 heavy (non-hydrogen) atoms. The molecule has 0 radical (unpaired) electrons. The first-order valence-corrected chi connectivity index (χ1v) is 8.14. The molecular weight excluding hydrogens is 341 g/mol. The van der Waals surface area contributed by atoms with E-state index in [1.165, 1.54) is 45.4 Å². The Hall–Kier alpha value is 0.570. The minimum absolute atomic E-state index is 0.835. The van der Waals surface area contributed by atoms with Gasteiger partial charge in [0.25, 0.3) is 0 Å². The highest BCUT2D eigenvalue weighted by Crippen LogP contribution is 2.36. The summed E-state index contributed by atoms with van der Waals surface area (Å²) in [7, 11) is 1.80. The van der Waals surface area contributed by atoms with Gasteiger partial charge in [0, 0.05) is 67.7 Å². The number of hydrogen-bond acceptors (Lipinski definition) is 4. The maximum Gasteiger partial charge on any atom is 0.0589 e. The quantitative estimate of drug-likeness (QED) is 0.551. The van der Waals surface area contributed by atoms with E-state index in [-0.39, 0.29) is 0 Å². The second kappa shape index (κ2) is 5.91. The first kappa shape index (κ1) is 13.5. The third-order valence-corrected chi connectivity index (χ3v) is 6.04. The van der Waals surface area contributed by atoms with Crippen LogP contribution in [-0.2, 0) is 4.74 Å². The summed E-state index contributed by atoms with van der Waals surface area (Å²) in [4.78, 5) is 5.37. The number of nitrogens with zero attached hydrogens (tertiary/aromatic N) is 3. The SMILES string of the molecule is COCCN1CCC(N2C[C@@H]3C[C@H]2CN3I)CC1. The van der Waals surface area contributed by atoms with Gasteiger partial charge in [0.1, 0.15) is 0 Å². The van der Waals surface area contributed by atoms with Crippen molar-refractivity contribution in [3.63, 3.8) is 0 Å². The molecule has 3 heterocycles. The number of ether oxygens (including phenoxy) is 1. The highest BCUT2D eigenvalue weighted by atomic mass is 127. The molecule has 0 unspecified atom stereocenters. The van der Waals surface area contributed by atoms with E-state index in [1.54, 1.807) is 7.11 Å². The van der Waals surface area contributed by atoms with Crippen LogP contribution in [0.15, 0.2) is 0 Å². The van der Waals surface area contributed by atoms with Gasteiger partial charge in [-0.1, -0.05) is 0 Å². The van der Waals surface area contributed by atoms with Crippen LogP contribution in [0.4, 0.5) is 0 Å². The smallest absolute Gasteiger partial charge is 0.0589 e. The van der Waals surface area contributed by atoms with Gasteiger partial charge in [-0.2, -0.15) is 0 Å². The molecular formula is C13H24IN3O. The van der Waals surface area contributed by atoms with Crippen LogP contribution in [0.25, 0.3) is 0 Å². The van der Waals surface area contributed by atoms with Crippen molar-refractivity contribution >= 4 is 22.9 Å². The third-order valence-electron chi connectivity index (χ3n) is 4.85. The van der Waals surface area contributed by atoms with Crippen molar-refractivity contribution in [3.8, 4) is 0 Å². The second-order valence-corrected chi connectivity index (χ2v) is 7.13. The number of piperazine rings is 1. The fourth-order valence-electron chi connectivity index (χ4n) is 3.79. The molecule has 3 saturated heterocycles. The zero-order valence-electron chi connectivity index (χ0n) is 11.2. The van der Waals surface area contributed by atoms with E-state index in [2.05, 4.69) is 35.8 Å². The molecule has 4 nitrogen and oxygen atoms in total. The maximum atomic E-state index is 5.16. The van der Waals surface area contributed by atoms with Crippen LogP contribution in [0.1, 0.15) is 19.3 Å². The normalized spacial score (nSPS) is 35.7. The molecule has 0 aromatic heterocycles. The van der Waals surface area contributed by atoms with Gasteiger partial charge in [-0.05, 0) is 32.4 Å². The first-order valence-electron chi connectivity index (χ1n) is 7.17. The average molecular weight is 365 g/mol. The summed E-state index contributed by atoms with van der Waals surface area (Å²) in [6.45, 7) is 7.11. The van der Waals surface area contributed by atoms with E-state index in [1.807, 2.05) is 0 Å². The predicted molar refractivity (Wildman–Crippen MR) is 81.0 cm³/mol. The van der Waals surface area contributed by atoms with Crippen LogP contribution in [-0.4, -0.2) is 77.5 Å². The molecule has 3 fully saturated rings. The van der Waals surface area contributed by atoms with Crippen LogP contribution >= 0.6 is 22.9 Å². The van der Waals surface area contributed by atoms with E-state index >= 15 is 0 Å². The molecule has 0 amide bonds. The lowest BCUT2D eigenvalue weighted by molar-refractivity contribution is 0.0671. The minimum Gasteiger partial charge on any atom is -0.383 e. The Bertz CT molecular complexity index is 281. The van der Waals surface area contributed by atoms with Gasteiger partial charge in [0.05, 0.1) is 6.61 Å². The monoisotopic (exact) mass is 365 g/mol. The van der Waals surface area contributed by atoms with E-state index in [0.717, 1.165) is 31.3 Å². The summed E-state index contributed by atoms with van der Waals surface area (Å²) in [6.07, 6.45) is 4.12. The minimum atomic E-state index is 0.835. The van der Waals surface area contributed by atoms with Crippen molar-refractivity contribution in [2.75, 3.05) is 46.4 Å². The van der Waals surface area contributed by atoms with Gasteiger partial charge in [-0.3, -0.25) is 4.90 Å². The van der Waals surface area contributed by atoms with Crippen LogP contribution in [0.3, 0.4) is 0 Å². The zero-order chi connectivity index (χ0) is 12.5. The molecule has 0 N–H and O–H groups in total. The van der Waals surface area contributed by atoms with Crippen molar-refractivity contribution in [3.05, 3.63) is 0 Å². The summed E-state index contributed by atoms with van der Waals surface area (Å²) in [5.41, 5.74) is 0. The van der Waals surface area contributed by atoms with Crippen molar-refractivity contribution in [2.24, 2.45) is 0 Å². The topological polar surface area (TPSA) is 19.0 Å². The number of methoxy groups -OCH3 is 1. The van der Waals surface area contributed by atoms with Gasteiger partial charge in [-0.15, -0.1) is 0 Å². The Labute approximate surface area is 124 Å². The standard InChI is InChI=1S/C13H24IN3O/c1-18-7-6-15-4-2-11(3-5-15)16-9-13-8-12(16)10-17(13)14/h11-13H,2-10H2,1H3/t12-,13-/m0/s1. The number of fused-ring (bicyclic) bond motifs is 2. The molecule has 3 aliphatic rings. The molecule has 104 valence electrons. The van der Waals surface area contributed by atoms with E-state index in [9.17, 15) is 0 Å². The molecule has 2 atom stereocenters. The number of halogens is 1. The Kier molecular flexibility index (Phi) is 4.45. The van der Waals surface area contributed by atoms with E-state index in [0.29, 0.717) is 0 Å². The molecule has 3 rings (SSSR count). The van der Waals surface area contributed by atoms with Gasteiger partial charge < -0.3 is 9.64 Å². The Balaban J connectivity index is 1.46. The highest BCUT2D eigenvalue weighted by molar-refractivity contribution is 14.1. The summed E-state index contributed by atoms with van der Waals surface area (Å²) < 4.78 is 7.69. The zero-order valence-corrected chi connectivity index (χ0v) is 13.4. The predicted octanol–water partition coefficient (Wildman–Crippen LogP) is 1.21. The summed E-state index contributed by atoms with van der Waals surface area (Å²) >= 11 is 2.51. The molecule has 0 aromatic carbocycles. The van der Waals surface area contributed by atoms with Crippen molar-refractivity contribution in [2.45, 2.75) is 37.4 Å². The molecule has 5 heteroatoms. The van der Waals surface area contributed by atoms with Gasteiger partial charge >= 0.3 is 0 Å². The van der Waals surface area contributed by atoms with Crippen molar-refractivity contribution < 1.29 is 4.74 Å². The van der Waals surface area contributed by atoms with E-state index < -0.39 is 0 Å². The molecule has 0 spiro atoms. The molecule has 3 aliphatic heterocycles. The number of likely N-dealkylation sites (tertiary alicyclic amines) is 2. The second-order valence-electron chi connectivity index (χ2n) is 5.89. The molecule has 0 aromatic rings. The van der Waals surface area contributed by atoms with Gasteiger partial charge in [0.15, 0.2) is 0 Å². The third kappa shape index (κ3) is 2.70. The van der Waals surface area contributed by atoms with Crippen molar-refractivity contribution in [1.29, 1.82) is 0 Å². The van der Waals surface area contributed by atoms with Gasteiger partial charge in [0.2, 0.25) is 0 Å². The molecule has 2 bridgehead atoms. The lowest BCUT2D eigenvalue weighted by Crippen LogP contribution is -2.51.